The molecule has 43 heavy (non-hydrogen) atoms. The lowest BCUT2D eigenvalue weighted by Crippen LogP contribution is -2.34. The van der Waals surface area contributed by atoms with Crippen molar-refractivity contribution in [2.45, 2.75) is 26.7 Å². The standard InChI is InChI=1S/C33H28ClN5O3S/c1-4-42-32(41)28-27(23-9-5-6-10-24(23)34)26(31(40)38-25-11-7-8-16-35-25)19(2)36-29(28)21-12-14-22(15-13-21)30-20(3)37-33-39(30)17-18-43-33/h5-18,27,36H,4H2,1-3H3,(H,35,38,40). The SMILES string of the molecule is CCOC(=O)C1=C(c2ccc(-c3c(C)nc4sccn34)cc2)NC(C)=C(C(=O)Nc2ccccn2)C1c1ccccc1Cl. The first-order valence-corrected chi connectivity index (χ1v) is 15.0. The van der Waals surface area contributed by atoms with Crippen LogP contribution in [-0.2, 0) is 14.3 Å². The maximum absolute atomic E-state index is 13.9. The summed E-state index contributed by atoms with van der Waals surface area (Å²) in [5, 5.41) is 8.68. The van der Waals surface area contributed by atoms with Gasteiger partial charge in [0, 0.05) is 39.6 Å². The van der Waals surface area contributed by atoms with Crippen LogP contribution in [0.5, 0.6) is 0 Å². The quantitative estimate of drug-likeness (QED) is 0.193. The smallest absolute Gasteiger partial charge is 0.337 e. The minimum absolute atomic E-state index is 0.166. The van der Waals surface area contributed by atoms with Crippen LogP contribution >= 0.6 is 22.9 Å². The number of dihydropyridines is 1. The molecule has 0 aliphatic carbocycles. The average Bonchev–Trinajstić information content (AvgIpc) is 3.57. The van der Waals surface area contributed by atoms with E-state index in [2.05, 4.69) is 25.0 Å². The fourth-order valence-electron chi connectivity index (χ4n) is 5.46. The molecule has 0 radical (unpaired) electrons. The van der Waals surface area contributed by atoms with Crippen LogP contribution < -0.4 is 10.6 Å². The molecular formula is C33H28ClN5O3S. The zero-order valence-corrected chi connectivity index (χ0v) is 25.3. The zero-order valence-electron chi connectivity index (χ0n) is 23.7. The van der Waals surface area contributed by atoms with Crippen LogP contribution in [0.3, 0.4) is 0 Å². The Morgan fingerprint density at radius 3 is 2.49 bits per heavy atom. The molecule has 0 saturated carbocycles. The molecule has 0 saturated heterocycles. The number of aryl methyl sites for hydroxylation is 1. The van der Waals surface area contributed by atoms with Crippen molar-refractivity contribution in [3.05, 3.63) is 123 Å². The van der Waals surface area contributed by atoms with Crippen LogP contribution in [0.1, 0.15) is 36.6 Å². The van der Waals surface area contributed by atoms with E-state index in [1.807, 2.05) is 67.9 Å². The van der Waals surface area contributed by atoms with E-state index >= 15 is 0 Å². The summed E-state index contributed by atoms with van der Waals surface area (Å²) in [4.78, 5) is 37.5. The van der Waals surface area contributed by atoms with Gasteiger partial charge in [-0.2, -0.15) is 0 Å². The summed E-state index contributed by atoms with van der Waals surface area (Å²) in [6, 6.07) is 20.4. The highest BCUT2D eigenvalue weighted by Crippen LogP contribution is 2.44. The second-order valence-corrected chi connectivity index (χ2v) is 11.3. The van der Waals surface area contributed by atoms with Gasteiger partial charge in [0.2, 0.25) is 0 Å². The van der Waals surface area contributed by atoms with Gasteiger partial charge in [0.05, 0.1) is 35.2 Å². The van der Waals surface area contributed by atoms with E-state index in [1.165, 1.54) is 0 Å². The largest absolute Gasteiger partial charge is 0.463 e. The van der Waals surface area contributed by atoms with Crippen molar-refractivity contribution in [2.24, 2.45) is 0 Å². The Bertz CT molecular complexity index is 1910. The number of hydrogen-bond donors (Lipinski definition) is 2. The van der Waals surface area contributed by atoms with Crippen molar-refractivity contribution >= 4 is 51.3 Å². The molecular weight excluding hydrogens is 582 g/mol. The number of benzene rings is 2. The molecule has 2 aromatic carbocycles. The van der Waals surface area contributed by atoms with Crippen LogP contribution in [0, 0.1) is 6.92 Å². The number of esters is 1. The van der Waals surface area contributed by atoms with Crippen molar-refractivity contribution in [3.8, 4) is 11.3 Å². The van der Waals surface area contributed by atoms with Gasteiger partial charge in [-0.15, -0.1) is 11.3 Å². The summed E-state index contributed by atoms with van der Waals surface area (Å²) in [7, 11) is 0. The minimum Gasteiger partial charge on any atom is -0.463 e. The van der Waals surface area contributed by atoms with Gasteiger partial charge >= 0.3 is 5.97 Å². The first-order valence-electron chi connectivity index (χ1n) is 13.8. The van der Waals surface area contributed by atoms with Crippen LogP contribution in [0.25, 0.3) is 21.9 Å². The molecule has 0 bridgehead atoms. The second-order valence-electron chi connectivity index (χ2n) is 9.98. The number of pyridine rings is 1. The van der Waals surface area contributed by atoms with E-state index in [4.69, 9.17) is 16.3 Å². The summed E-state index contributed by atoms with van der Waals surface area (Å²) in [6.45, 7) is 5.73. The summed E-state index contributed by atoms with van der Waals surface area (Å²) in [6.07, 6.45) is 3.61. The Labute approximate surface area is 257 Å². The molecule has 3 aromatic heterocycles. The number of allylic oxidation sites excluding steroid dienone is 1. The predicted molar refractivity (Wildman–Crippen MR) is 170 cm³/mol. The molecule has 216 valence electrons. The molecule has 6 rings (SSSR count). The predicted octanol–water partition coefficient (Wildman–Crippen LogP) is 6.99. The molecule has 1 unspecified atom stereocenters. The normalized spacial score (nSPS) is 15.0. The van der Waals surface area contributed by atoms with E-state index in [0.717, 1.165) is 27.5 Å². The van der Waals surface area contributed by atoms with Gasteiger partial charge in [-0.05, 0) is 50.1 Å². The lowest BCUT2D eigenvalue weighted by Gasteiger charge is -2.32. The number of thiazole rings is 1. The van der Waals surface area contributed by atoms with E-state index < -0.39 is 17.8 Å². The lowest BCUT2D eigenvalue weighted by molar-refractivity contribution is -0.138. The lowest BCUT2D eigenvalue weighted by atomic mass is 9.78. The van der Waals surface area contributed by atoms with E-state index in [-0.39, 0.29) is 6.61 Å². The van der Waals surface area contributed by atoms with Crippen molar-refractivity contribution < 1.29 is 14.3 Å². The number of fused-ring (bicyclic) bond motifs is 1. The topological polar surface area (TPSA) is 97.6 Å². The number of rotatable bonds is 7. The van der Waals surface area contributed by atoms with Gasteiger partial charge in [0.15, 0.2) is 4.96 Å². The maximum Gasteiger partial charge on any atom is 0.337 e. The summed E-state index contributed by atoms with van der Waals surface area (Å²) >= 11 is 8.32. The number of amides is 1. The first-order chi connectivity index (χ1) is 20.9. The maximum atomic E-state index is 13.9. The molecule has 2 N–H and O–H groups in total. The number of carbonyl (C=O) groups excluding carboxylic acids is 2. The highest BCUT2D eigenvalue weighted by atomic mass is 35.5. The van der Waals surface area contributed by atoms with Crippen LogP contribution in [0.4, 0.5) is 5.82 Å². The molecule has 4 heterocycles. The highest BCUT2D eigenvalue weighted by Gasteiger charge is 2.39. The monoisotopic (exact) mass is 609 g/mol. The van der Waals surface area contributed by atoms with Crippen molar-refractivity contribution in [1.29, 1.82) is 0 Å². The summed E-state index contributed by atoms with van der Waals surface area (Å²) < 4.78 is 7.66. The van der Waals surface area contributed by atoms with Gasteiger partial charge in [-0.25, -0.2) is 14.8 Å². The van der Waals surface area contributed by atoms with Gasteiger partial charge in [-0.1, -0.05) is 60.1 Å². The second kappa shape index (κ2) is 11.9. The molecule has 1 aliphatic rings. The Hall–Kier alpha value is -4.73. The van der Waals surface area contributed by atoms with Gasteiger partial charge < -0.3 is 15.4 Å². The summed E-state index contributed by atoms with van der Waals surface area (Å²) in [5.74, 6) is -1.36. The van der Waals surface area contributed by atoms with Crippen LogP contribution in [-0.4, -0.2) is 32.9 Å². The Morgan fingerprint density at radius 1 is 1.02 bits per heavy atom. The van der Waals surface area contributed by atoms with Gasteiger partial charge in [-0.3, -0.25) is 9.20 Å². The van der Waals surface area contributed by atoms with E-state index in [1.54, 1.807) is 48.7 Å². The van der Waals surface area contributed by atoms with Crippen LogP contribution in [0.2, 0.25) is 5.02 Å². The van der Waals surface area contributed by atoms with Crippen LogP contribution in [0.15, 0.2) is 101 Å². The Kier molecular flexibility index (Phi) is 7.84. The number of hydrogen-bond acceptors (Lipinski definition) is 7. The van der Waals surface area contributed by atoms with Crippen molar-refractivity contribution in [3.63, 3.8) is 0 Å². The Balaban J connectivity index is 1.50. The number of aromatic nitrogens is 3. The molecule has 1 atom stereocenters. The molecule has 10 heteroatoms. The number of nitrogens with one attached hydrogen (secondary N) is 2. The number of halogens is 1. The summed E-state index contributed by atoms with van der Waals surface area (Å²) in [5.41, 5.74) is 6.08. The third-order valence-electron chi connectivity index (χ3n) is 7.31. The first kappa shape index (κ1) is 28.4. The van der Waals surface area contributed by atoms with E-state index in [0.29, 0.717) is 38.9 Å². The third kappa shape index (κ3) is 5.33. The molecule has 1 amide bonds. The highest BCUT2D eigenvalue weighted by molar-refractivity contribution is 7.15. The number of nitrogens with zero attached hydrogens (tertiary/aromatic N) is 3. The average molecular weight is 610 g/mol. The van der Waals surface area contributed by atoms with E-state index in [9.17, 15) is 9.59 Å². The van der Waals surface area contributed by atoms with Crippen molar-refractivity contribution in [2.75, 3.05) is 11.9 Å². The minimum atomic E-state index is -0.810. The molecule has 8 nitrogen and oxygen atoms in total. The number of ether oxygens (including phenoxy) is 1. The third-order valence-corrected chi connectivity index (χ3v) is 8.41. The van der Waals surface area contributed by atoms with Crippen molar-refractivity contribution in [1.82, 2.24) is 19.7 Å². The molecule has 0 fully saturated rings. The van der Waals surface area contributed by atoms with Gasteiger partial charge in [0.1, 0.15) is 5.82 Å². The fraction of sp³-hybridized carbons (Fsp3) is 0.152. The number of imidazole rings is 1. The van der Waals surface area contributed by atoms with Gasteiger partial charge in [0.25, 0.3) is 5.91 Å². The molecule has 0 spiro atoms. The zero-order chi connectivity index (χ0) is 30.1. The molecule has 1 aliphatic heterocycles. The fourth-order valence-corrected chi connectivity index (χ4v) is 6.47. The Morgan fingerprint density at radius 2 is 1.77 bits per heavy atom. The number of carbonyl (C=O) groups is 2. The molecule has 5 aromatic rings. The number of anilines is 1.